The molecule has 4 nitrogen and oxygen atoms in total. The average Bonchev–Trinajstić information content (AvgIpc) is 3.25. The van der Waals surface area contributed by atoms with Crippen LogP contribution in [0.4, 0.5) is 0 Å². The van der Waals surface area contributed by atoms with Gasteiger partial charge in [-0.05, 0) is 57.0 Å². The Bertz CT molecular complexity index is 337. The first-order chi connectivity index (χ1) is 9.49. The number of hydrogen-bond acceptors (Lipinski definition) is 3. The van der Waals surface area contributed by atoms with Crippen molar-refractivity contribution >= 4 is 5.97 Å². The van der Waals surface area contributed by atoms with Crippen LogP contribution in [0.2, 0.25) is 0 Å². The van der Waals surface area contributed by atoms with E-state index in [2.05, 4.69) is 24.1 Å². The molecule has 0 saturated heterocycles. The van der Waals surface area contributed by atoms with E-state index in [0.29, 0.717) is 24.4 Å². The molecule has 0 heterocycles. The number of nitrogens with zero attached hydrogens (tertiary/aromatic N) is 1. The Morgan fingerprint density at radius 3 is 2.40 bits per heavy atom. The van der Waals surface area contributed by atoms with Crippen molar-refractivity contribution in [3.05, 3.63) is 0 Å². The Kier molecular flexibility index (Phi) is 5.08. The van der Waals surface area contributed by atoms with Crippen LogP contribution in [0.3, 0.4) is 0 Å². The van der Waals surface area contributed by atoms with Crippen molar-refractivity contribution in [3.8, 4) is 0 Å². The van der Waals surface area contributed by atoms with Crippen LogP contribution in [0.5, 0.6) is 0 Å². The van der Waals surface area contributed by atoms with E-state index in [-0.39, 0.29) is 0 Å². The van der Waals surface area contributed by atoms with Gasteiger partial charge in [-0.2, -0.15) is 0 Å². The fraction of sp³-hybridized carbons (Fsp3) is 0.938. The maximum Gasteiger partial charge on any atom is 0.325 e. The number of likely N-dealkylation sites (N-methyl/N-ethyl adjacent to an activating group) is 1. The molecule has 2 N–H and O–H groups in total. The molecule has 2 aliphatic carbocycles. The summed E-state index contributed by atoms with van der Waals surface area (Å²) in [6.45, 7) is 8.93. The van der Waals surface area contributed by atoms with Gasteiger partial charge in [0.1, 0.15) is 5.54 Å². The van der Waals surface area contributed by atoms with Gasteiger partial charge in [-0.3, -0.25) is 9.69 Å². The van der Waals surface area contributed by atoms with Crippen molar-refractivity contribution < 1.29 is 9.90 Å². The summed E-state index contributed by atoms with van der Waals surface area (Å²) in [7, 11) is 0. The molecule has 0 aliphatic heterocycles. The second kappa shape index (κ2) is 6.44. The number of carboxylic acids is 1. The van der Waals surface area contributed by atoms with Crippen molar-refractivity contribution in [2.24, 2.45) is 11.8 Å². The second-order valence-electron chi connectivity index (χ2n) is 6.97. The Balaban J connectivity index is 2.05. The molecule has 0 aromatic heterocycles. The van der Waals surface area contributed by atoms with E-state index in [1.165, 1.54) is 12.8 Å². The van der Waals surface area contributed by atoms with E-state index >= 15 is 0 Å². The standard InChI is InChI=1S/C16H30N2O2/c1-4-17-16(15(19)20,13-5-6-13)11-18(14-7-8-14)10-9-12(2)3/h12-14,17H,4-11H2,1-3H3,(H,19,20). The van der Waals surface area contributed by atoms with E-state index in [9.17, 15) is 9.90 Å². The molecule has 0 spiro atoms. The molecule has 2 fully saturated rings. The zero-order valence-electron chi connectivity index (χ0n) is 13.2. The van der Waals surface area contributed by atoms with Crippen molar-refractivity contribution in [2.75, 3.05) is 19.6 Å². The number of carboxylic acid groups (broad SMARTS) is 1. The molecule has 0 bridgehead atoms. The van der Waals surface area contributed by atoms with Gasteiger partial charge in [0.05, 0.1) is 0 Å². The number of carbonyl (C=O) groups is 1. The lowest BCUT2D eigenvalue weighted by Gasteiger charge is -2.36. The monoisotopic (exact) mass is 282 g/mol. The molecular formula is C16H30N2O2. The third kappa shape index (κ3) is 3.73. The Morgan fingerprint density at radius 1 is 1.35 bits per heavy atom. The average molecular weight is 282 g/mol. The van der Waals surface area contributed by atoms with Gasteiger partial charge in [0.2, 0.25) is 0 Å². The molecule has 0 aromatic rings. The van der Waals surface area contributed by atoms with Crippen molar-refractivity contribution in [1.29, 1.82) is 0 Å². The van der Waals surface area contributed by atoms with E-state index < -0.39 is 11.5 Å². The largest absolute Gasteiger partial charge is 0.480 e. The zero-order chi connectivity index (χ0) is 14.8. The number of rotatable bonds is 10. The van der Waals surface area contributed by atoms with Gasteiger partial charge in [0, 0.05) is 12.6 Å². The van der Waals surface area contributed by atoms with Gasteiger partial charge >= 0.3 is 5.97 Å². The van der Waals surface area contributed by atoms with Gasteiger partial charge in [-0.15, -0.1) is 0 Å². The number of hydrogen-bond donors (Lipinski definition) is 2. The van der Waals surface area contributed by atoms with Gasteiger partial charge in [0.25, 0.3) is 0 Å². The van der Waals surface area contributed by atoms with Gasteiger partial charge < -0.3 is 10.4 Å². The molecule has 0 amide bonds. The molecule has 20 heavy (non-hydrogen) atoms. The minimum absolute atomic E-state index is 0.320. The molecule has 116 valence electrons. The molecule has 1 atom stereocenters. The lowest BCUT2D eigenvalue weighted by molar-refractivity contribution is -0.147. The van der Waals surface area contributed by atoms with E-state index in [1.54, 1.807) is 0 Å². The number of nitrogens with one attached hydrogen (secondary N) is 1. The fourth-order valence-electron chi connectivity index (χ4n) is 3.11. The fourth-order valence-corrected chi connectivity index (χ4v) is 3.11. The second-order valence-corrected chi connectivity index (χ2v) is 6.97. The summed E-state index contributed by atoms with van der Waals surface area (Å²) in [5.41, 5.74) is -0.714. The van der Waals surface area contributed by atoms with Crippen LogP contribution in [-0.4, -0.2) is 47.2 Å². The molecule has 1 unspecified atom stereocenters. The van der Waals surface area contributed by atoms with Crippen LogP contribution in [-0.2, 0) is 4.79 Å². The summed E-state index contributed by atoms with van der Waals surface area (Å²) < 4.78 is 0. The minimum atomic E-state index is -0.714. The van der Waals surface area contributed by atoms with Crippen LogP contribution in [0.1, 0.15) is 52.9 Å². The molecule has 0 radical (unpaired) electrons. The normalized spacial score (nSPS) is 22.2. The Labute approximate surface area is 122 Å². The van der Waals surface area contributed by atoms with Crippen molar-refractivity contribution in [1.82, 2.24) is 10.2 Å². The van der Waals surface area contributed by atoms with Crippen LogP contribution in [0, 0.1) is 11.8 Å². The lowest BCUT2D eigenvalue weighted by atomic mass is 9.91. The molecule has 2 rings (SSSR count). The lowest BCUT2D eigenvalue weighted by Crippen LogP contribution is -2.61. The van der Waals surface area contributed by atoms with Gasteiger partial charge in [0.15, 0.2) is 0 Å². The SMILES string of the molecule is CCNC(CN(CCC(C)C)C1CC1)(C(=O)O)C1CC1. The molecule has 2 aliphatic rings. The maximum absolute atomic E-state index is 11.9. The third-order valence-electron chi connectivity index (χ3n) is 4.66. The summed E-state index contributed by atoms with van der Waals surface area (Å²) in [5.74, 6) is 0.341. The smallest absolute Gasteiger partial charge is 0.325 e. The summed E-state index contributed by atoms with van der Waals surface area (Å²) in [6, 6.07) is 0.630. The third-order valence-corrected chi connectivity index (χ3v) is 4.66. The topological polar surface area (TPSA) is 52.6 Å². The predicted molar refractivity (Wildman–Crippen MR) is 80.8 cm³/mol. The highest BCUT2D eigenvalue weighted by Crippen LogP contribution is 2.42. The predicted octanol–water partition coefficient (Wildman–Crippen LogP) is 2.34. The highest BCUT2D eigenvalue weighted by Gasteiger charge is 2.52. The zero-order valence-corrected chi connectivity index (χ0v) is 13.2. The highest BCUT2D eigenvalue weighted by atomic mass is 16.4. The maximum atomic E-state index is 11.9. The van der Waals surface area contributed by atoms with Crippen LogP contribution in [0.25, 0.3) is 0 Å². The van der Waals surface area contributed by atoms with Crippen molar-refractivity contribution in [2.45, 2.75) is 64.5 Å². The molecule has 4 heteroatoms. The Hall–Kier alpha value is -0.610. The minimum Gasteiger partial charge on any atom is -0.480 e. The summed E-state index contributed by atoms with van der Waals surface area (Å²) >= 11 is 0. The van der Waals surface area contributed by atoms with Crippen LogP contribution >= 0.6 is 0 Å². The van der Waals surface area contributed by atoms with Gasteiger partial charge in [-0.25, -0.2) is 0 Å². The molecule has 2 saturated carbocycles. The van der Waals surface area contributed by atoms with Crippen molar-refractivity contribution in [3.63, 3.8) is 0 Å². The van der Waals surface area contributed by atoms with Crippen LogP contribution in [0.15, 0.2) is 0 Å². The molecule has 0 aromatic carbocycles. The number of aliphatic carboxylic acids is 1. The summed E-state index contributed by atoms with van der Waals surface area (Å²) in [5, 5.41) is 13.1. The Morgan fingerprint density at radius 2 is 2.00 bits per heavy atom. The van der Waals surface area contributed by atoms with E-state index in [4.69, 9.17) is 0 Å². The van der Waals surface area contributed by atoms with Crippen LogP contribution < -0.4 is 5.32 Å². The highest BCUT2D eigenvalue weighted by molar-refractivity contribution is 5.80. The summed E-state index contributed by atoms with van der Waals surface area (Å²) in [6.07, 6.45) is 5.75. The first kappa shape index (κ1) is 15.8. The first-order valence-electron chi connectivity index (χ1n) is 8.22. The summed E-state index contributed by atoms with van der Waals surface area (Å²) in [4.78, 5) is 14.4. The molecular weight excluding hydrogens is 252 g/mol. The first-order valence-corrected chi connectivity index (χ1v) is 8.22. The van der Waals surface area contributed by atoms with Gasteiger partial charge in [-0.1, -0.05) is 20.8 Å². The van der Waals surface area contributed by atoms with E-state index in [0.717, 1.165) is 32.4 Å². The van der Waals surface area contributed by atoms with E-state index in [1.807, 2.05) is 6.92 Å². The quantitative estimate of drug-likeness (QED) is 0.646.